The lowest BCUT2D eigenvalue weighted by Gasteiger charge is -2.37. The van der Waals surface area contributed by atoms with Crippen LogP contribution in [0.5, 0.6) is 0 Å². The summed E-state index contributed by atoms with van der Waals surface area (Å²) in [6, 6.07) is 4.63. The standard InChI is InChI=1S/C15H20F3N3O/c1-2-13(19)14(22)21-9-7-20(8-10-21)12-5-3-11(4-6-12)15(16,17)18/h3-6,13H,2,7-10,19H2,1H3. The number of alkyl halides is 3. The lowest BCUT2D eigenvalue weighted by atomic mass is 10.1. The second-order valence-electron chi connectivity index (χ2n) is 5.37. The van der Waals surface area contributed by atoms with Crippen molar-refractivity contribution in [1.29, 1.82) is 0 Å². The predicted octanol–water partition coefficient (Wildman–Crippen LogP) is 2.09. The Labute approximate surface area is 127 Å². The van der Waals surface area contributed by atoms with Crippen LogP contribution in [-0.4, -0.2) is 43.0 Å². The molecule has 1 unspecified atom stereocenters. The van der Waals surface area contributed by atoms with E-state index < -0.39 is 17.8 Å². The molecule has 7 heteroatoms. The molecule has 1 saturated heterocycles. The van der Waals surface area contributed by atoms with Gasteiger partial charge in [0.25, 0.3) is 0 Å². The Morgan fingerprint density at radius 2 is 1.73 bits per heavy atom. The number of nitrogens with zero attached hydrogens (tertiary/aromatic N) is 2. The van der Waals surface area contributed by atoms with Gasteiger partial charge in [-0.25, -0.2) is 0 Å². The van der Waals surface area contributed by atoms with Crippen molar-refractivity contribution in [2.75, 3.05) is 31.1 Å². The molecule has 4 nitrogen and oxygen atoms in total. The van der Waals surface area contributed by atoms with E-state index in [-0.39, 0.29) is 5.91 Å². The number of halogens is 3. The van der Waals surface area contributed by atoms with Crippen LogP contribution >= 0.6 is 0 Å². The van der Waals surface area contributed by atoms with Gasteiger partial charge in [-0.05, 0) is 30.7 Å². The highest BCUT2D eigenvalue weighted by Crippen LogP contribution is 2.30. The maximum absolute atomic E-state index is 12.5. The van der Waals surface area contributed by atoms with Crippen LogP contribution < -0.4 is 10.6 Å². The number of anilines is 1. The zero-order valence-electron chi connectivity index (χ0n) is 12.4. The van der Waals surface area contributed by atoms with Crippen LogP contribution in [0, 0.1) is 0 Å². The second kappa shape index (κ2) is 6.56. The number of hydrogen-bond donors (Lipinski definition) is 1. The predicted molar refractivity (Wildman–Crippen MR) is 78.5 cm³/mol. The first-order chi connectivity index (χ1) is 10.3. The minimum atomic E-state index is -4.32. The van der Waals surface area contributed by atoms with Crippen molar-refractivity contribution >= 4 is 11.6 Å². The Balaban J connectivity index is 1.96. The molecule has 122 valence electrons. The second-order valence-corrected chi connectivity index (χ2v) is 5.37. The fourth-order valence-electron chi connectivity index (χ4n) is 2.46. The third-order valence-corrected chi connectivity index (χ3v) is 3.91. The van der Waals surface area contributed by atoms with Gasteiger partial charge in [-0.15, -0.1) is 0 Å². The summed E-state index contributed by atoms with van der Waals surface area (Å²) in [4.78, 5) is 15.7. The van der Waals surface area contributed by atoms with E-state index in [1.54, 1.807) is 4.90 Å². The number of nitrogens with two attached hydrogens (primary N) is 1. The summed E-state index contributed by atoms with van der Waals surface area (Å²) >= 11 is 0. The number of carbonyl (C=O) groups is 1. The molecule has 22 heavy (non-hydrogen) atoms. The molecule has 0 spiro atoms. The van der Waals surface area contributed by atoms with Gasteiger partial charge in [0.05, 0.1) is 11.6 Å². The molecule has 1 heterocycles. The Morgan fingerprint density at radius 3 is 2.18 bits per heavy atom. The van der Waals surface area contributed by atoms with Crippen molar-refractivity contribution in [2.24, 2.45) is 5.73 Å². The lowest BCUT2D eigenvalue weighted by molar-refractivity contribution is -0.137. The number of carbonyl (C=O) groups excluding carboxylic acids is 1. The lowest BCUT2D eigenvalue weighted by Crippen LogP contribution is -2.53. The molecule has 0 aromatic heterocycles. The Morgan fingerprint density at radius 1 is 1.18 bits per heavy atom. The zero-order chi connectivity index (χ0) is 16.3. The van der Waals surface area contributed by atoms with E-state index >= 15 is 0 Å². The molecule has 0 saturated carbocycles. The minimum absolute atomic E-state index is 0.0606. The van der Waals surface area contributed by atoms with Gasteiger partial charge in [0.15, 0.2) is 0 Å². The number of piperazine rings is 1. The summed E-state index contributed by atoms with van der Waals surface area (Å²) in [6.45, 7) is 4.11. The van der Waals surface area contributed by atoms with Gasteiger partial charge < -0.3 is 15.5 Å². The Hall–Kier alpha value is -1.76. The van der Waals surface area contributed by atoms with Gasteiger partial charge in [-0.2, -0.15) is 13.2 Å². The van der Waals surface area contributed by atoms with Crippen molar-refractivity contribution in [3.8, 4) is 0 Å². The SMILES string of the molecule is CCC(N)C(=O)N1CCN(c2ccc(C(F)(F)F)cc2)CC1. The molecular weight excluding hydrogens is 295 g/mol. The van der Waals surface area contributed by atoms with E-state index in [9.17, 15) is 18.0 Å². The smallest absolute Gasteiger partial charge is 0.368 e. The molecule has 1 atom stereocenters. The van der Waals surface area contributed by atoms with Crippen LogP contribution in [0.1, 0.15) is 18.9 Å². The average molecular weight is 315 g/mol. The molecule has 1 amide bonds. The van der Waals surface area contributed by atoms with Crippen molar-refractivity contribution in [3.05, 3.63) is 29.8 Å². The van der Waals surface area contributed by atoms with E-state index in [2.05, 4.69) is 0 Å². The van der Waals surface area contributed by atoms with Crippen LogP contribution in [0.15, 0.2) is 24.3 Å². The van der Waals surface area contributed by atoms with Crippen molar-refractivity contribution in [3.63, 3.8) is 0 Å². The van der Waals surface area contributed by atoms with E-state index in [0.29, 0.717) is 32.6 Å². The summed E-state index contributed by atoms with van der Waals surface area (Å²) in [7, 11) is 0. The summed E-state index contributed by atoms with van der Waals surface area (Å²) in [6.07, 6.45) is -3.72. The number of hydrogen-bond acceptors (Lipinski definition) is 3. The summed E-state index contributed by atoms with van der Waals surface area (Å²) in [5, 5.41) is 0. The molecule has 0 aliphatic carbocycles. The van der Waals surface area contributed by atoms with Crippen LogP contribution in [0.2, 0.25) is 0 Å². The van der Waals surface area contributed by atoms with E-state index in [1.807, 2.05) is 11.8 Å². The van der Waals surface area contributed by atoms with E-state index in [4.69, 9.17) is 5.73 Å². The average Bonchev–Trinajstić information content (AvgIpc) is 2.53. The van der Waals surface area contributed by atoms with Gasteiger partial charge in [-0.1, -0.05) is 6.92 Å². The topological polar surface area (TPSA) is 49.6 Å². The maximum Gasteiger partial charge on any atom is 0.416 e. The largest absolute Gasteiger partial charge is 0.416 e. The molecule has 0 bridgehead atoms. The summed E-state index contributed by atoms with van der Waals surface area (Å²) < 4.78 is 37.6. The molecule has 1 aromatic rings. The van der Waals surface area contributed by atoms with Gasteiger partial charge in [0, 0.05) is 31.9 Å². The number of benzene rings is 1. The highest BCUT2D eigenvalue weighted by Gasteiger charge is 2.30. The Bertz CT molecular complexity index is 508. The first kappa shape index (κ1) is 16.6. The van der Waals surface area contributed by atoms with Gasteiger partial charge in [0.2, 0.25) is 5.91 Å². The van der Waals surface area contributed by atoms with Gasteiger partial charge in [-0.3, -0.25) is 4.79 Å². The van der Waals surface area contributed by atoms with Crippen molar-refractivity contribution in [2.45, 2.75) is 25.6 Å². The van der Waals surface area contributed by atoms with Crippen molar-refractivity contribution < 1.29 is 18.0 Å². The number of amides is 1. The third kappa shape index (κ3) is 3.71. The fraction of sp³-hybridized carbons (Fsp3) is 0.533. The van der Waals surface area contributed by atoms with Crippen LogP contribution in [-0.2, 0) is 11.0 Å². The first-order valence-corrected chi connectivity index (χ1v) is 7.29. The molecule has 0 radical (unpaired) electrons. The normalized spacial score (nSPS) is 17.5. The molecule has 1 aliphatic heterocycles. The van der Waals surface area contributed by atoms with Crippen LogP contribution in [0.3, 0.4) is 0 Å². The molecule has 1 aliphatic rings. The molecule has 2 rings (SSSR count). The zero-order valence-corrected chi connectivity index (χ0v) is 12.4. The number of rotatable bonds is 3. The fourth-order valence-corrected chi connectivity index (χ4v) is 2.46. The van der Waals surface area contributed by atoms with Crippen LogP contribution in [0.25, 0.3) is 0 Å². The maximum atomic E-state index is 12.5. The van der Waals surface area contributed by atoms with E-state index in [0.717, 1.165) is 17.8 Å². The van der Waals surface area contributed by atoms with Crippen LogP contribution in [0.4, 0.5) is 18.9 Å². The quantitative estimate of drug-likeness (QED) is 0.929. The Kier molecular flexibility index (Phi) is 4.95. The molecular formula is C15H20F3N3O. The summed E-state index contributed by atoms with van der Waals surface area (Å²) in [5.41, 5.74) is 5.82. The molecule has 2 N–H and O–H groups in total. The molecule has 1 aromatic carbocycles. The highest BCUT2D eigenvalue weighted by atomic mass is 19.4. The highest BCUT2D eigenvalue weighted by molar-refractivity contribution is 5.81. The third-order valence-electron chi connectivity index (χ3n) is 3.91. The summed E-state index contributed by atoms with van der Waals surface area (Å²) in [5.74, 6) is -0.0606. The molecule has 1 fully saturated rings. The van der Waals surface area contributed by atoms with Crippen molar-refractivity contribution in [1.82, 2.24) is 4.90 Å². The van der Waals surface area contributed by atoms with Gasteiger partial charge >= 0.3 is 6.18 Å². The first-order valence-electron chi connectivity index (χ1n) is 7.29. The monoisotopic (exact) mass is 315 g/mol. The van der Waals surface area contributed by atoms with Gasteiger partial charge in [0.1, 0.15) is 0 Å². The minimum Gasteiger partial charge on any atom is -0.368 e. The van der Waals surface area contributed by atoms with E-state index in [1.165, 1.54) is 12.1 Å².